The van der Waals surface area contributed by atoms with E-state index in [4.69, 9.17) is 5.73 Å². The molecular weight excluding hydrogens is 190 g/mol. The maximum absolute atomic E-state index is 5.66. The van der Waals surface area contributed by atoms with Crippen molar-refractivity contribution >= 4 is 11.8 Å². The number of rotatable bonds is 2. The highest BCUT2D eigenvalue weighted by molar-refractivity contribution is 5.38. The number of anilines is 2. The quantitative estimate of drug-likeness (QED) is 0.659. The Bertz CT molecular complexity index is 312. The van der Waals surface area contributed by atoms with Gasteiger partial charge in [0, 0.05) is 24.3 Å². The molecule has 0 amide bonds. The van der Waals surface area contributed by atoms with Crippen LogP contribution in [0.2, 0.25) is 0 Å². The summed E-state index contributed by atoms with van der Waals surface area (Å²) in [5.41, 5.74) is 6.55. The molecule has 0 aromatic carbocycles. The fourth-order valence-corrected chi connectivity index (χ4v) is 1.82. The number of hydrogen-bond donors (Lipinski definition) is 3. The van der Waals surface area contributed by atoms with Gasteiger partial charge in [0.05, 0.1) is 0 Å². The molecule has 1 aromatic heterocycles. The molecule has 82 valence electrons. The van der Waals surface area contributed by atoms with Crippen molar-refractivity contribution in [3.8, 4) is 0 Å². The van der Waals surface area contributed by atoms with Crippen molar-refractivity contribution in [1.82, 2.24) is 15.3 Å². The summed E-state index contributed by atoms with van der Waals surface area (Å²) in [7, 11) is 0. The Balaban J connectivity index is 2.02. The van der Waals surface area contributed by atoms with Gasteiger partial charge in [0.1, 0.15) is 5.82 Å². The Morgan fingerprint density at radius 2 is 2.40 bits per heavy atom. The van der Waals surface area contributed by atoms with Gasteiger partial charge in [-0.05, 0) is 26.3 Å². The highest BCUT2D eigenvalue weighted by Gasteiger charge is 2.13. The van der Waals surface area contributed by atoms with Gasteiger partial charge in [-0.1, -0.05) is 0 Å². The van der Waals surface area contributed by atoms with E-state index >= 15 is 0 Å². The van der Waals surface area contributed by atoms with Crippen LogP contribution in [-0.2, 0) is 0 Å². The lowest BCUT2D eigenvalue weighted by Crippen LogP contribution is -2.38. The van der Waals surface area contributed by atoms with Crippen LogP contribution in [0.1, 0.15) is 18.5 Å². The molecule has 1 aliphatic heterocycles. The maximum Gasteiger partial charge on any atom is 0.225 e. The summed E-state index contributed by atoms with van der Waals surface area (Å²) in [4.78, 5) is 8.45. The van der Waals surface area contributed by atoms with Crippen LogP contribution in [-0.4, -0.2) is 29.1 Å². The molecule has 2 rings (SSSR count). The Kier molecular flexibility index (Phi) is 3.01. The van der Waals surface area contributed by atoms with E-state index in [9.17, 15) is 0 Å². The molecule has 5 heteroatoms. The summed E-state index contributed by atoms with van der Waals surface area (Å²) in [6, 6.07) is 2.18. The van der Waals surface area contributed by atoms with Crippen molar-refractivity contribution in [1.29, 1.82) is 0 Å². The van der Waals surface area contributed by atoms with E-state index in [0.29, 0.717) is 17.8 Å². The molecule has 0 aliphatic carbocycles. The first-order valence-corrected chi connectivity index (χ1v) is 5.32. The van der Waals surface area contributed by atoms with E-state index in [-0.39, 0.29) is 0 Å². The molecule has 5 nitrogen and oxygen atoms in total. The minimum absolute atomic E-state index is 0.417. The van der Waals surface area contributed by atoms with E-state index < -0.39 is 0 Å². The SMILES string of the molecule is Cc1cc(N)nc(NC2CCCNC2)n1. The van der Waals surface area contributed by atoms with Crippen molar-refractivity contribution in [3.63, 3.8) is 0 Å². The number of nitrogens with zero attached hydrogens (tertiary/aromatic N) is 2. The van der Waals surface area contributed by atoms with Gasteiger partial charge in [0.15, 0.2) is 0 Å². The molecule has 1 fully saturated rings. The third kappa shape index (κ3) is 2.79. The molecule has 15 heavy (non-hydrogen) atoms. The topological polar surface area (TPSA) is 75.9 Å². The number of nitrogens with two attached hydrogens (primary N) is 1. The maximum atomic E-state index is 5.66. The van der Waals surface area contributed by atoms with E-state index in [0.717, 1.165) is 25.2 Å². The van der Waals surface area contributed by atoms with Gasteiger partial charge in [-0.3, -0.25) is 0 Å². The second-order valence-corrected chi connectivity index (χ2v) is 3.95. The number of aromatic nitrogens is 2. The van der Waals surface area contributed by atoms with Crippen LogP contribution >= 0.6 is 0 Å². The molecular formula is C10H17N5. The number of nitrogens with one attached hydrogen (secondary N) is 2. The van der Waals surface area contributed by atoms with Crippen molar-refractivity contribution in [2.24, 2.45) is 0 Å². The zero-order chi connectivity index (χ0) is 10.7. The molecule has 2 heterocycles. The Hall–Kier alpha value is -1.36. The molecule has 1 aromatic rings. The van der Waals surface area contributed by atoms with Crippen LogP contribution in [0.4, 0.5) is 11.8 Å². The first-order chi connectivity index (χ1) is 7.24. The largest absolute Gasteiger partial charge is 0.384 e. The van der Waals surface area contributed by atoms with Gasteiger partial charge in [0.25, 0.3) is 0 Å². The normalized spacial score (nSPS) is 21.3. The average Bonchev–Trinajstić information content (AvgIpc) is 2.17. The van der Waals surface area contributed by atoms with Gasteiger partial charge in [-0.25, -0.2) is 4.98 Å². The molecule has 1 atom stereocenters. The summed E-state index contributed by atoms with van der Waals surface area (Å²) in [5, 5.41) is 6.63. The zero-order valence-corrected chi connectivity index (χ0v) is 8.95. The average molecular weight is 207 g/mol. The number of nitrogen functional groups attached to an aromatic ring is 1. The van der Waals surface area contributed by atoms with Crippen LogP contribution in [0.25, 0.3) is 0 Å². The Labute approximate surface area is 89.5 Å². The molecule has 1 saturated heterocycles. The van der Waals surface area contributed by atoms with E-state index in [1.165, 1.54) is 6.42 Å². The summed E-state index contributed by atoms with van der Waals surface area (Å²) >= 11 is 0. The van der Waals surface area contributed by atoms with Crippen molar-refractivity contribution < 1.29 is 0 Å². The standard InChI is InChI=1S/C10H17N5/c1-7-5-9(11)15-10(13-7)14-8-3-2-4-12-6-8/h5,8,12H,2-4,6H2,1H3,(H3,11,13,14,15). The van der Waals surface area contributed by atoms with Crippen molar-refractivity contribution in [3.05, 3.63) is 11.8 Å². The molecule has 4 N–H and O–H groups in total. The summed E-state index contributed by atoms with van der Waals surface area (Å²) in [6.07, 6.45) is 2.35. The van der Waals surface area contributed by atoms with Gasteiger partial charge >= 0.3 is 0 Å². The van der Waals surface area contributed by atoms with E-state index in [1.54, 1.807) is 6.07 Å². The van der Waals surface area contributed by atoms with E-state index in [2.05, 4.69) is 20.6 Å². The molecule has 1 unspecified atom stereocenters. The van der Waals surface area contributed by atoms with Crippen LogP contribution in [0, 0.1) is 6.92 Å². The van der Waals surface area contributed by atoms with Crippen molar-refractivity contribution in [2.75, 3.05) is 24.1 Å². The molecule has 0 bridgehead atoms. The number of aryl methyl sites for hydroxylation is 1. The van der Waals surface area contributed by atoms with Gasteiger partial charge in [-0.15, -0.1) is 0 Å². The van der Waals surface area contributed by atoms with Crippen LogP contribution in [0.3, 0.4) is 0 Å². The first kappa shape index (κ1) is 10.2. The minimum atomic E-state index is 0.417. The minimum Gasteiger partial charge on any atom is -0.384 e. The lowest BCUT2D eigenvalue weighted by molar-refractivity contribution is 0.478. The van der Waals surface area contributed by atoms with Crippen LogP contribution < -0.4 is 16.4 Å². The number of piperidine rings is 1. The zero-order valence-electron chi connectivity index (χ0n) is 8.95. The monoisotopic (exact) mass is 207 g/mol. The predicted octanol–water partition coefficient (Wildman–Crippen LogP) is 0.531. The summed E-state index contributed by atoms with van der Waals surface area (Å²) in [6.45, 7) is 3.99. The molecule has 1 aliphatic rings. The summed E-state index contributed by atoms with van der Waals surface area (Å²) in [5.74, 6) is 1.16. The van der Waals surface area contributed by atoms with Crippen molar-refractivity contribution in [2.45, 2.75) is 25.8 Å². The van der Waals surface area contributed by atoms with Crippen LogP contribution in [0.15, 0.2) is 6.07 Å². The molecule has 0 radical (unpaired) electrons. The second kappa shape index (κ2) is 4.44. The Morgan fingerprint density at radius 1 is 1.53 bits per heavy atom. The fourth-order valence-electron chi connectivity index (χ4n) is 1.82. The highest BCUT2D eigenvalue weighted by Crippen LogP contribution is 2.10. The van der Waals surface area contributed by atoms with Gasteiger partial charge in [0.2, 0.25) is 5.95 Å². The third-order valence-corrected chi connectivity index (χ3v) is 2.50. The lowest BCUT2D eigenvalue weighted by atomic mass is 10.1. The molecule has 0 saturated carbocycles. The van der Waals surface area contributed by atoms with Gasteiger partial charge in [-0.2, -0.15) is 4.98 Å². The fraction of sp³-hybridized carbons (Fsp3) is 0.600. The first-order valence-electron chi connectivity index (χ1n) is 5.32. The lowest BCUT2D eigenvalue weighted by Gasteiger charge is -2.23. The predicted molar refractivity (Wildman–Crippen MR) is 60.7 cm³/mol. The highest BCUT2D eigenvalue weighted by atomic mass is 15.1. The summed E-state index contributed by atoms with van der Waals surface area (Å²) < 4.78 is 0. The van der Waals surface area contributed by atoms with Gasteiger partial charge < -0.3 is 16.4 Å². The third-order valence-electron chi connectivity index (χ3n) is 2.50. The smallest absolute Gasteiger partial charge is 0.225 e. The van der Waals surface area contributed by atoms with E-state index in [1.807, 2.05) is 6.92 Å². The second-order valence-electron chi connectivity index (χ2n) is 3.95. The molecule has 0 spiro atoms. The Morgan fingerprint density at radius 3 is 3.07 bits per heavy atom. The number of hydrogen-bond acceptors (Lipinski definition) is 5. The van der Waals surface area contributed by atoms with Crippen LogP contribution in [0.5, 0.6) is 0 Å².